The van der Waals surface area contributed by atoms with Crippen molar-refractivity contribution in [3.05, 3.63) is 52.8 Å². The van der Waals surface area contributed by atoms with Gasteiger partial charge in [0.25, 0.3) is 0 Å². The molecule has 0 radical (unpaired) electrons. The molecule has 4 heteroatoms. The molecular formula is C17H21NO2S. The predicted molar refractivity (Wildman–Crippen MR) is 86.9 cm³/mol. The molecule has 2 rings (SSSR count). The van der Waals surface area contributed by atoms with Crippen molar-refractivity contribution >= 4 is 11.8 Å². The maximum atomic E-state index is 9.64. The third-order valence-corrected chi connectivity index (χ3v) is 4.47. The summed E-state index contributed by atoms with van der Waals surface area (Å²) in [6.45, 7) is 5.82. The largest absolute Gasteiger partial charge is 0.496 e. The van der Waals surface area contributed by atoms with Crippen LogP contribution in [0.3, 0.4) is 0 Å². The first-order chi connectivity index (χ1) is 10.0. The van der Waals surface area contributed by atoms with E-state index in [-0.39, 0.29) is 0 Å². The van der Waals surface area contributed by atoms with Crippen LogP contribution in [0, 0.1) is 13.8 Å². The van der Waals surface area contributed by atoms with Crippen LogP contribution >= 0.6 is 11.8 Å². The molecule has 2 aromatic rings. The Labute approximate surface area is 130 Å². The molecule has 0 bridgehead atoms. The van der Waals surface area contributed by atoms with E-state index in [9.17, 15) is 5.11 Å². The Morgan fingerprint density at radius 2 is 2.10 bits per heavy atom. The van der Waals surface area contributed by atoms with Gasteiger partial charge in [-0.25, -0.2) is 0 Å². The number of pyridine rings is 1. The van der Waals surface area contributed by atoms with E-state index >= 15 is 0 Å². The van der Waals surface area contributed by atoms with Crippen molar-refractivity contribution in [1.29, 1.82) is 0 Å². The first kappa shape index (κ1) is 15.9. The van der Waals surface area contributed by atoms with E-state index in [0.29, 0.717) is 0 Å². The van der Waals surface area contributed by atoms with Gasteiger partial charge in [-0.1, -0.05) is 12.1 Å². The number of hydrogen-bond donors (Lipinski definition) is 1. The SMILES string of the molecule is COc1c(C)cnc(CSc2cccc(C(C)O)c2)c1C. The Hall–Kier alpha value is -1.52. The van der Waals surface area contributed by atoms with Crippen LogP contribution < -0.4 is 4.74 Å². The van der Waals surface area contributed by atoms with Gasteiger partial charge in [-0.3, -0.25) is 4.98 Å². The Balaban J connectivity index is 2.15. The first-order valence-electron chi connectivity index (χ1n) is 6.92. The maximum Gasteiger partial charge on any atom is 0.128 e. The van der Waals surface area contributed by atoms with Crippen LogP contribution in [-0.4, -0.2) is 17.2 Å². The zero-order valence-electron chi connectivity index (χ0n) is 12.9. The van der Waals surface area contributed by atoms with Crippen LogP contribution in [0.1, 0.15) is 35.4 Å². The molecule has 0 fully saturated rings. The molecule has 0 aliphatic carbocycles. The molecular weight excluding hydrogens is 282 g/mol. The summed E-state index contributed by atoms with van der Waals surface area (Å²) in [7, 11) is 1.69. The number of methoxy groups -OCH3 is 1. The quantitative estimate of drug-likeness (QED) is 0.846. The number of rotatable bonds is 5. The summed E-state index contributed by atoms with van der Waals surface area (Å²) < 4.78 is 5.44. The molecule has 0 aliphatic rings. The van der Waals surface area contributed by atoms with E-state index in [1.165, 1.54) is 0 Å². The molecule has 0 aliphatic heterocycles. The Morgan fingerprint density at radius 3 is 2.76 bits per heavy atom. The van der Waals surface area contributed by atoms with Gasteiger partial charge in [0.1, 0.15) is 5.75 Å². The fourth-order valence-corrected chi connectivity index (χ4v) is 3.22. The van der Waals surface area contributed by atoms with Gasteiger partial charge < -0.3 is 9.84 Å². The summed E-state index contributed by atoms with van der Waals surface area (Å²) in [5, 5.41) is 9.64. The van der Waals surface area contributed by atoms with Gasteiger partial charge in [-0.2, -0.15) is 0 Å². The lowest BCUT2D eigenvalue weighted by molar-refractivity contribution is 0.199. The van der Waals surface area contributed by atoms with E-state index in [0.717, 1.165) is 38.8 Å². The number of ether oxygens (including phenoxy) is 1. The van der Waals surface area contributed by atoms with E-state index in [1.54, 1.807) is 25.8 Å². The van der Waals surface area contributed by atoms with Crippen LogP contribution in [-0.2, 0) is 5.75 Å². The highest BCUT2D eigenvalue weighted by molar-refractivity contribution is 7.98. The van der Waals surface area contributed by atoms with Gasteiger partial charge in [-0.15, -0.1) is 11.8 Å². The van der Waals surface area contributed by atoms with Crippen molar-refractivity contribution in [3.8, 4) is 5.75 Å². The summed E-state index contributed by atoms with van der Waals surface area (Å²) in [4.78, 5) is 5.64. The highest BCUT2D eigenvalue weighted by Crippen LogP contribution is 2.30. The molecule has 0 spiro atoms. The van der Waals surface area contributed by atoms with Gasteiger partial charge in [0.2, 0.25) is 0 Å². The molecule has 1 unspecified atom stereocenters. The molecule has 1 N–H and O–H groups in total. The standard InChI is InChI=1S/C17H21NO2S/c1-11-9-18-16(12(2)17(11)20-4)10-21-15-7-5-6-14(8-15)13(3)19/h5-9,13,19H,10H2,1-4H3. The molecule has 1 aromatic heterocycles. The number of hydrogen-bond acceptors (Lipinski definition) is 4. The lowest BCUT2D eigenvalue weighted by Gasteiger charge is -2.12. The number of benzene rings is 1. The van der Waals surface area contributed by atoms with Gasteiger partial charge in [0, 0.05) is 28.0 Å². The smallest absolute Gasteiger partial charge is 0.128 e. The molecule has 112 valence electrons. The Bertz CT molecular complexity index is 626. The average molecular weight is 303 g/mol. The van der Waals surface area contributed by atoms with Crippen LogP contribution in [0.25, 0.3) is 0 Å². The second-order valence-electron chi connectivity index (χ2n) is 5.08. The molecule has 0 saturated carbocycles. The van der Waals surface area contributed by atoms with Crippen LogP contribution in [0.4, 0.5) is 0 Å². The molecule has 21 heavy (non-hydrogen) atoms. The van der Waals surface area contributed by atoms with Gasteiger partial charge in [0.15, 0.2) is 0 Å². The van der Waals surface area contributed by atoms with E-state index in [1.807, 2.05) is 38.2 Å². The molecule has 0 amide bonds. The topological polar surface area (TPSA) is 42.4 Å². The van der Waals surface area contributed by atoms with E-state index in [2.05, 4.69) is 11.1 Å². The minimum atomic E-state index is -0.440. The minimum absolute atomic E-state index is 0.440. The molecule has 1 aromatic carbocycles. The molecule has 1 atom stereocenters. The van der Waals surface area contributed by atoms with Crippen molar-refractivity contribution in [2.75, 3.05) is 7.11 Å². The number of aliphatic hydroxyl groups is 1. The van der Waals surface area contributed by atoms with Crippen LogP contribution in [0.2, 0.25) is 0 Å². The Kier molecular flexibility index (Phi) is 5.26. The Morgan fingerprint density at radius 1 is 1.33 bits per heavy atom. The normalized spacial score (nSPS) is 12.2. The summed E-state index contributed by atoms with van der Waals surface area (Å²) in [6.07, 6.45) is 1.42. The lowest BCUT2D eigenvalue weighted by Crippen LogP contribution is -1.98. The van der Waals surface area contributed by atoms with Crippen molar-refractivity contribution in [2.24, 2.45) is 0 Å². The number of aromatic nitrogens is 1. The third kappa shape index (κ3) is 3.77. The highest BCUT2D eigenvalue weighted by Gasteiger charge is 2.10. The number of aliphatic hydroxyl groups excluding tert-OH is 1. The molecule has 3 nitrogen and oxygen atoms in total. The molecule has 0 saturated heterocycles. The van der Waals surface area contributed by atoms with Crippen molar-refractivity contribution < 1.29 is 9.84 Å². The summed E-state index contributed by atoms with van der Waals surface area (Å²) >= 11 is 1.72. The monoisotopic (exact) mass is 303 g/mol. The predicted octanol–water partition coefficient (Wildman–Crippen LogP) is 4.05. The second-order valence-corrected chi connectivity index (χ2v) is 6.13. The third-order valence-electron chi connectivity index (χ3n) is 3.47. The maximum absolute atomic E-state index is 9.64. The second kappa shape index (κ2) is 6.96. The number of aryl methyl sites for hydroxylation is 1. The average Bonchev–Trinajstić information content (AvgIpc) is 2.47. The number of nitrogens with zero attached hydrogens (tertiary/aromatic N) is 1. The van der Waals surface area contributed by atoms with Crippen molar-refractivity contribution in [3.63, 3.8) is 0 Å². The van der Waals surface area contributed by atoms with Gasteiger partial charge >= 0.3 is 0 Å². The van der Waals surface area contributed by atoms with Crippen molar-refractivity contribution in [2.45, 2.75) is 37.5 Å². The van der Waals surface area contributed by atoms with Crippen LogP contribution in [0.15, 0.2) is 35.4 Å². The van der Waals surface area contributed by atoms with Gasteiger partial charge in [-0.05, 0) is 38.5 Å². The minimum Gasteiger partial charge on any atom is -0.496 e. The lowest BCUT2D eigenvalue weighted by atomic mass is 10.1. The fourth-order valence-electron chi connectivity index (χ4n) is 2.23. The van der Waals surface area contributed by atoms with E-state index < -0.39 is 6.10 Å². The van der Waals surface area contributed by atoms with Crippen LogP contribution in [0.5, 0.6) is 5.75 Å². The summed E-state index contributed by atoms with van der Waals surface area (Å²) in [5.74, 6) is 1.70. The van der Waals surface area contributed by atoms with Crippen molar-refractivity contribution in [1.82, 2.24) is 4.98 Å². The number of thioether (sulfide) groups is 1. The summed E-state index contributed by atoms with van der Waals surface area (Å²) in [6, 6.07) is 7.99. The molecule has 1 heterocycles. The fraction of sp³-hybridized carbons (Fsp3) is 0.353. The van der Waals surface area contributed by atoms with Gasteiger partial charge in [0.05, 0.1) is 18.9 Å². The van der Waals surface area contributed by atoms with E-state index in [4.69, 9.17) is 4.74 Å². The zero-order valence-corrected chi connectivity index (χ0v) is 13.7. The first-order valence-corrected chi connectivity index (χ1v) is 7.91. The summed E-state index contributed by atoms with van der Waals surface area (Å²) in [5.41, 5.74) is 4.12. The zero-order chi connectivity index (χ0) is 15.4. The highest BCUT2D eigenvalue weighted by atomic mass is 32.2.